The molecular weight excluding hydrogens is 412 g/mol. The largest absolute Gasteiger partial charge is 0.332 e. The van der Waals surface area contributed by atoms with Crippen molar-refractivity contribution in [3.05, 3.63) is 95.3 Å². The predicted octanol–water partition coefficient (Wildman–Crippen LogP) is 4.46. The number of urea groups is 1. The highest BCUT2D eigenvalue weighted by Gasteiger charge is 2.47. The normalized spacial score (nSPS) is 18.4. The third kappa shape index (κ3) is 3.71. The van der Waals surface area contributed by atoms with Crippen molar-refractivity contribution in [2.45, 2.75) is 18.9 Å². The number of carbonyl (C=O) groups excluding carboxylic acids is 2. The maximum Gasteiger partial charge on any atom is 0.332 e. The number of hydrogen-bond acceptors (Lipinski definition) is 3. The molecule has 0 radical (unpaired) electrons. The first-order chi connectivity index (χ1) is 15.3. The highest BCUT2D eigenvalue weighted by atomic mass is 19.1. The van der Waals surface area contributed by atoms with Crippen molar-refractivity contribution in [2.24, 2.45) is 0 Å². The molecule has 7 heteroatoms. The standard InChI is InChI=1S/C25H19F2N3O2/c1-25(19-9-6-12-28-16-19)15-22(31)30(24(32)29(25)2)23-20(26)13-18(14-21(23)27)11-10-17-7-4-3-5-8-17/h3-9,12-14,16H,15H2,1-2H3. The number of nitrogens with zero attached hydrogens (tertiary/aromatic N) is 3. The molecule has 0 aliphatic carbocycles. The fraction of sp³-hybridized carbons (Fsp3) is 0.160. The minimum atomic E-state index is -1.04. The van der Waals surface area contributed by atoms with Crippen molar-refractivity contribution in [2.75, 3.05) is 11.9 Å². The van der Waals surface area contributed by atoms with Crippen LogP contribution in [-0.2, 0) is 10.3 Å². The van der Waals surface area contributed by atoms with Crippen LogP contribution in [0.1, 0.15) is 30.0 Å². The zero-order valence-corrected chi connectivity index (χ0v) is 17.5. The molecule has 1 unspecified atom stereocenters. The van der Waals surface area contributed by atoms with Gasteiger partial charge in [-0.25, -0.2) is 18.5 Å². The summed E-state index contributed by atoms with van der Waals surface area (Å²) in [5, 5.41) is 0. The number of rotatable bonds is 2. The molecule has 5 nitrogen and oxygen atoms in total. The molecule has 1 atom stereocenters. The molecule has 32 heavy (non-hydrogen) atoms. The van der Waals surface area contributed by atoms with Gasteiger partial charge in [0.1, 0.15) is 5.69 Å². The van der Waals surface area contributed by atoms with Gasteiger partial charge in [0.05, 0.1) is 12.0 Å². The molecule has 0 spiro atoms. The number of amides is 3. The van der Waals surface area contributed by atoms with E-state index in [2.05, 4.69) is 16.8 Å². The third-order valence-electron chi connectivity index (χ3n) is 5.61. The van der Waals surface area contributed by atoms with Crippen LogP contribution in [0.4, 0.5) is 19.3 Å². The zero-order chi connectivity index (χ0) is 22.9. The molecule has 0 saturated carbocycles. The third-order valence-corrected chi connectivity index (χ3v) is 5.61. The maximum atomic E-state index is 14.9. The van der Waals surface area contributed by atoms with Gasteiger partial charge in [-0.2, -0.15) is 0 Å². The van der Waals surface area contributed by atoms with Gasteiger partial charge in [0.2, 0.25) is 5.91 Å². The Morgan fingerprint density at radius 3 is 2.25 bits per heavy atom. The summed E-state index contributed by atoms with van der Waals surface area (Å²) < 4.78 is 29.9. The van der Waals surface area contributed by atoms with Crippen LogP contribution >= 0.6 is 0 Å². The predicted molar refractivity (Wildman–Crippen MR) is 116 cm³/mol. The van der Waals surface area contributed by atoms with E-state index in [4.69, 9.17) is 0 Å². The molecule has 1 aliphatic heterocycles. The van der Waals surface area contributed by atoms with E-state index in [9.17, 15) is 18.4 Å². The highest BCUT2D eigenvalue weighted by molar-refractivity contribution is 6.16. The number of hydrogen-bond donors (Lipinski definition) is 0. The van der Waals surface area contributed by atoms with E-state index in [-0.39, 0.29) is 12.0 Å². The zero-order valence-electron chi connectivity index (χ0n) is 17.5. The van der Waals surface area contributed by atoms with E-state index < -0.39 is 34.8 Å². The molecule has 0 bridgehead atoms. The Hall–Kier alpha value is -4.05. The number of carbonyl (C=O) groups is 2. The lowest BCUT2D eigenvalue weighted by atomic mass is 9.86. The first-order valence-corrected chi connectivity index (χ1v) is 9.88. The number of pyridine rings is 1. The molecule has 2 heterocycles. The second-order valence-electron chi connectivity index (χ2n) is 7.67. The smallest absolute Gasteiger partial charge is 0.317 e. The number of aromatic nitrogens is 1. The van der Waals surface area contributed by atoms with Crippen molar-refractivity contribution in [1.82, 2.24) is 9.88 Å². The van der Waals surface area contributed by atoms with Crippen LogP contribution in [0.3, 0.4) is 0 Å². The second-order valence-corrected chi connectivity index (χ2v) is 7.67. The van der Waals surface area contributed by atoms with Crippen molar-refractivity contribution in [3.8, 4) is 11.8 Å². The SMILES string of the molecule is CN1C(=O)N(c2c(F)cc(C#Cc3ccccc3)cc2F)C(=O)CC1(C)c1cccnc1. The Morgan fingerprint density at radius 1 is 0.969 bits per heavy atom. The number of imide groups is 1. The Balaban J connectivity index is 1.68. The topological polar surface area (TPSA) is 53.5 Å². The van der Waals surface area contributed by atoms with Crippen molar-refractivity contribution < 1.29 is 18.4 Å². The molecule has 1 aromatic heterocycles. The summed E-state index contributed by atoms with van der Waals surface area (Å²) in [5.41, 5.74) is -0.262. The average molecular weight is 431 g/mol. The minimum absolute atomic E-state index is 0.0954. The summed E-state index contributed by atoms with van der Waals surface area (Å²) >= 11 is 0. The van der Waals surface area contributed by atoms with Gasteiger partial charge in [0.15, 0.2) is 11.6 Å². The van der Waals surface area contributed by atoms with Crippen LogP contribution in [0.5, 0.6) is 0 Å². The lowest BCUT2D eigenvalue weighted by molar-refractivity contribution is -0.122. The molecule has 1 saturated heterocycles. The van der Waals surface area contributed by atoms with Crippen molar-refractivity contribution >= 4 is 17.6 Å². The number of benzene rings is 2. The van der Waals surface area contributed by atoms with Crippen LogP contribution in [-0.4, -0.2) is 28.9 Å². The molecule has 0 N–H and O–H groups in total. The van der Waals surface area contributed by atoms with Crippen LogP contribution in [0, 0.1) is 23.5 Å². The van der Waals surface area contributed by atoms with E-state index in [1.165, 1.54) is 11.9 Å². The van der Waals surface area contributed by atoms with E-state index in [0.717, 1.165) is 12.1 Å². The Morgan fingerprint density at radius 2 is 1.62 bits per heavy atom. The lowest BCUT2D eigenvalue weighted by Gasteiger charge is -2.45. The van der Waals surface area contributed by atoms with Gasteiger partial charge in [-0.15, -0.1) is 0 Å². The summed E-state index contributed by atoms with van der Waals surface area (Å²) in [6.45, 7) is 1.71. The molecule has 160 valence electrons. The molecular formula is C25H19F2N3O2. The summed E-state index contributed by atoms with van der Waals surface area (Å²) in [6.07, 6.45) is 2.99. The second kappa shape index (κ2) is 8.23. The maximum absolute atomic E-state index is 14.9. The first kappa shape index (κ1) is 21.2. The van der Waals surface area contributed by atoms with E-state index in [0.29, 0.717) is 16.0 Å². The number of halogens is 2. The van der Waals surface area contributed by atoms with Gasteiger partial charge in [-0.05, 0) is 42.8 Å². The van der Waals surface area contributed by atoms with Crippen molar-refractivity contribution in [1.29, 1.82) is 0 Å². The molecule has 1 aliphatic rings. The van der Waals surface area contributed by atoms with E-state index >= 15 is 0 Å². The van der Waals surface area contributed by atoms with Gasteiger partial charge in [-0.3, -0.25) is 9.78 Å². The van der Waals surface area contributed by atoms with Gasteiger partial charge < -0.3 is 4.90 Å². The summed E-state index contributed by atoms with van der Waals surface area (Å²) in [4.78, 5) is 31.9. The van der Waals surface area contributed by atoms with Gasteiger partial charge >= 0.3 is 6.03 Å². The lowest BCUT2D eigenvalue weighted by Crippen LogP contribution is -2.60. The van der Waals surface area contributed by atoms with Gasteiger partial charge in [-0.1, -0.05) is 36.1 Å². The summed E-state index contributed by atoms with van der Waals surface area (Å²) in [7, 11) is 1.49. The first-order valence-electron chi connectivity index (χ1n) is 9.88. The van der Waals surface area contributed by atoms with Crippen LogP contribution in [0.2, 0.25) is 0 Å². The monoisotopic (exact) mass is 431 g/mol. The number of anilines is 1. The van der Waals surface area contributed by atoms with Crippen LogP contribution in [0.15, 0.2) is 67.0 Å². The molecule has 1 fully saturated rings. The average Bonchev–Trinajstić information content (AvgIpc) is 2.79. The Kier molecular flexibility index (Phi) is 5.45. The fourth-order valence-electron chi connectivity index (χ4n) is 3.67. The Bertz CT molecular complexity index is 1230. The van der Waals surface area contributed by atoms with Gasteiger partial charge in [0, 0.05) is 30.6 Å². The quantitative estimate of drug-likeness (QED) is 0.563. The van der Waals surface area contributed by atoms with Crippen LogP contribution < -0.4 is 4.90 Å². The molecule has 4 rings (SSSR count). The summed E-state index contributed by atoms with van der Waals surface area (Å²) in [5.74, 6) is 2.74. The highest BCUT2D eigenvalue weighted by Crippen LogP contribution is 2.38. The van der Waals surface area contributed by atoms with Crippen molar-refractivity contribution in [3.63, 3.8) is 0 Å². The summed E-state index contributed by atoms with van der Waals surface area (Å²) in [6, 6.07) is 13.6. The van der Waals surface area contributed by atoms with Gasteiger partial charge in [0.25, 0.3) is 0 Å². The van der Waals surface area contributed by atoms with E-state index in [1.54, 1.807) is 55.7 Å². The minimum Gasteiger partial charge on any atom is -0.317 e. The van der Waals surface area contributed by atoms with Crippen LogP contribution in [0.25, 0.3) is 0 Å². The molecule has 2 aromatic carbocycles. The molecule has 3 amide bonds. The fourth-order valence-corrected chi connectivity index (χ4v) is 3.67. The van der Waals surface area contributed by atoms with E-state index in [1.807, 2.05) is 6.07 Å². The molecule has 3 aromatic rings. The Labute approximate surface area is 184 Å².